The lowest BCUT2D eigenvalue weighted by molar-refractivity contribution is 1.83. The van der Waals surface area contributed by atoms with Crippen molar-refractivity contribution in [1.29, 1.82) is 0 Å². The normalized spacial score (nSPS) is 10.4. The molecule has 0 rings (SSSR count). The van der Waals surface area contributed by atoms with Gasteiger partial charge in [0.1, 0.15) is 0 Å². The molecule has 0 aliphatic carbocycles. The number of rotatable bonds is 2. The molecule has 0 aliphatic rings. The Morgan fingerprint density at radius 3 is 2.60 bits per heavy atom. The summed E-state index contributed by atoms with van der Waals surface area (Å²) >= 11 is 0. The van der Waals surface area contributed by atoms with Crippen LogP contribution < -0.4 is 0 Å². The molecule has 0 bridgehead atoms. The van der Waals surface area contributed by atoms with Crippen LogP contribution in [0.2, 0.25) is 0 Å². The number of hydrogen-bond acceptors (Lipinski definition) is 0. The van der Waals surface area contributed by atoms with E-state index >= 15 is 0 Å². The first kappa shape index (κ1) is 5.39. The second-order valence-corrected chi connectivity index (χ2v) is 4.08. The Balaban J connectivity index is 2.40. The number of hydrogen-bond donors (Lipinski definition) is 0. The van der Waals surface area contributed by atoms with Gasteiger partial charge < -0.3 is 0 Å². The van der Waals surface area contributed by atoms with Gasteiger partial charge in [0, 0.05) is 9.91 Å². The molecule has 0 aromatic heterocycles. The first-order valence-corrected chi connectivity index (χ1v) is 6.38. The van der Waals surface area contributed by atoms with Crippen molar-refractivity contribution in [3.05, 3.63) is 12.7 Å². The van der Waals surface area contributed by atoms with Crippen LogP contribution in [0.4, 0.5) is 0 Å². The molecule has 5 heavy (non-hydrogen) atoms. The Morgan fingerprint density at radius 1 is 2.00 bits per heavy atom. The molecule has 0 aromatic rings. The molecule has 0 amide bonds. The van der Waals surface area contributed by atoms with Gasteiger partial charge in [0.25, 0.3) is 0 Å². The van der Waals surface area contributed by atoms with Crippen molar-refractivity contribution in [2.45, 2.75) is 0 Å². The van der Waals surface area contributed by atoms with Crippen LogP contribution in [0.25, 0.3) is 0 Å². The van der Waals surface area contributed by atoms with Gasteiger partial charge >= 0.3 is 0 Å². The van der Waals surface area contributed by atoms with E-state index in [1.54, 1.807) is 0 Å². The summed E-state index contributed by atoms with van der Waals surface area (Å²) in [4.78, 5) is 0. The minimum atomic E-state index is 1.18. The molecule has 0 N–H and O–H groups in total. The van der Waals surface area contributed by atoms with E-state index in [0.29, 0.717) is 0 Å². The van der Waals surface area contributed by atoms with Gasteiger partial charge in [0.05, 0.1) is 0 Å². The second-order valence-electron chi connectivity index (χ2n) is 0.846. The van der Waals surface area contributed by atoms with E-state index in [2.05, 4.69) is 6.58 Å². The minimum Gasteiger partial charge on any atom is -0.140 e. The van der Waals surface area contributed by atoms with Gasteiger partial charge in [0.2, 0.25) is 0 Å². The highest BCUT2D eigenvalue weighted by Gasteiger charge is 1.60. The van der Waals surface area contributed by atoms with E-state index in [1.165, 1.54) is 24.2 Å². The van der Waals surface area contributed by atoms with Gasteiger partial charge in [0.15, 0.2) is 0 Å². The summed E-state index contributed by atoms with van der Waals surface area (Å²) in [5.41, 5.74) is 0. The minimum absolute atomic E-state index is 1.18. The molecule has 0 radical (unpaired) electrons. The predicted octanol–water partition coefficient (Wildman–Crippen LogP) is 0.131. The van der Waals surface area contributed by atoms with E-state index in [1.807, 2.05) is 6.08 Å². The highest BCUT2D eigenvalue weighted by molar-refractivity contribution is 7.66. The third-order valence-corrected chi connectivity index (χ3v) is 2.27. The lowest BCUT2D eigenvalue weighted by Gasteiger charge is -1.74. The van der Waals surface area contributed by atoms with Gasteiger partial charge in [-0.05, 0) is 6.16 Å². The summed E-state index contributed by atoms with van der Waals surface area (Å²) in [5, 5.41) is 0. The molecule has 0 nitrogen and oxygen atoms in total. The van der Waals surface area contributed by atoms with Crippen LogP contribution >= 0.6 is 8.13 Å². The van der Waals surface area contributed by atoms with Gasteiger partial charge in [-0.3, -0.25) is 0 Å². The zero-order chi connectivity index (χ0) is 4.12. The molecule has 1 atom stereocenters. The Bertz CT molecular complexity index is 28.1. The van der Waals surface area contributed by atoms with Gasteiger partial charge in [-0.15, -0.1) is 14.7 Å². The molecule has 0 aliphatic heterocycles. The molecule has 0 spiro atoms. The average molecular weight is 104 g/mol. The van der Waals surface area contributed by atoms with E-state index in [4.69, 9.17) is 0 Å². The Kier molecular flexibility index (Phi) is 4.73. The summed E-state index contributed by atoms with van der Waals surface area (Å²) < 4.78 is 0. The molecule has 0 aromatic carbocycles. The number of allylic oxidation sites excluding steroid dienone is 1. The van der Waals surface area contributed by atoms with E-state index in [0.717, 1.165) is 0 Å². The van der Waals surface area contributed by atoms with Crippen LogP contribution in [0.1, 0.15) is 0 Å². The van der Waals surface area contributed by atoms with Crippen molar-refractivity contribution in [1.82, 2.24) is 0 Å². The highest BCUT2D eigenvalue weighted by Crippen LogP contribution is 1.96. The van der Waals surface area contributed by atoms with Gasteiger partial charge in [-0.2, -0.15) is 0 Å². The fourth-order valence-electron chi connectivity index (χ4n) is 0.144. The lowest BCUT2D eigenvalue weighted by Crippen LogP contribution is -1.55. The molecule has 2 heteroatoms. The lowest BCUT2D eigenvalue weighted by atomic mass is 10.8. The van der Waals surface area contributed by atoms with Crippen LogP contribution in [0.3, 0.4) is 0 Å². The fraction of sp³-hybridized carbons (Fsp3) is 0.333. The van der Waals surface area contributed by atoms with E-state index in [-0.39, 0.29) is 0 Å². The zero-order valence-electron chi connectivity index (χ0n) is 3.49. The Labute approximate surface area is 37.7 Å². The van der Waals surface area contributed by atoms with Crippen LogP contribution in [0.5, 0.6) is 0 Å². The molecular weight excluding hydrogens is 95.1 g/mol. The van der Waals surface area contributed by atoms with Crippen molar-refractivity contribution in [2.75, 3.05) is 6.16 Å². The van der Waals surface area contributed by atoms with Crippen LogP contribution in [-0.4, -0.2) is 16.1 Å². The Hall–Kier alpha value is 0.387. The third-order valence-electron chi connectivity index (χ3n) is 0.348. The van der Waals surface area contributed by atoms with Crippen LogP contribution in [0.15, 0.2) is 12.7 Å². The van der Waals surface area contributed by atoms with E-state index in [9.17, 15) is 0 Å². The smallest absolute Gasteiger partial charge is 0.0294 e. The molecule has 0 saturated heterocycles. The SMILES string of the molecule is C=CCP[SiH3]. The van der Waals surface area contributed by atoms with Crippen molar-refractivity contribution in [3.8, 4) is 0 Å². The van der Waals surface area contributed by atoms with Crippen LogP contribution in [-0.2, 0) is 0 Å². The first-order valence-electron chi connectivity index (χ1n) is 1.67. The summed E-state index contributed by atoms with van der Waals surface area (Å²) in [5.74, 6) is 0. The van der Waals surface area contributed by atoms with Crippen molar-refractivity contribution < 1.29 is 0 Å². The molecule has 0 saturated carbocycles. The molecule has 0 fully saturated rings. The summed E-state index contributed by atoms with van der Waals surface area (Å²) in [6.07, 6.45) is 3.22. The molecule has 1 unspecified atom stereocenters. The topological polar surface area (TPSA) is 0 Å². The fourth-order valence-corrected chi connectivity index (χ4v) is 1.30. The summed E-state index contributed by atoms with van der Waals surface area (Å²) in [7, 11) is 2.53. The quantitative estimate of drug-likeness (QED) is 0.265. The molecule has 30 valence electrons. The summed E-state index contributed by atoms with van der Waals surface area (Å²) in [6, 6.07) is 0. The van der Waals surface area contributed by atoms with Gasteiger partial charge in [-0.25, -0.2) is 0 Å². The average Bonchev–Trinajstić information content (AvgIpc) is 1.41. The Morgan fingerprint density at radius 2 is 2.60 bits per heavy atom. The zero-order valence-corrected chi connectivity index (χ0v) is 6.49. The predicted molar refractivity (Wildman–Crippen MR) is 33.3 cm³/mol. The first-order chi connectivity index (χ1) is 2.41. The van der Waals surface area contributed by atoms with Crippen molar-refractivity contribution in [3.63, 3.8) is 0 Å². The second kappa shape index (κ2) is 4.39. The highest BCUT2D eigenvalue weighted by atomic mass is 31.3. The molecular formula is C3H9PSi. The maximum atomic E-state index is 3.58. The summed E-state index contributed by atoms with van der Waals surface area (Å²) in [6.45, 7) is 3.58. The van der Waals surface area contributed by atoms with Gasteiger partial charge in [-0.1, -0.05) is 6.08 Å². The maximum absolute atomic E-state index is 3.58. The molecule has 0 heterocycles. The van der Waals surface area contributed by atoms with E-state index < -0.39 is 0 Å². The monoisotopic (exact) mass is 104 g/mol. The van der Waals surface area contributed by atoms with Crippen LogP contribution in [0, 0.1) is 0 Å². The third kappa shape index (κ3) is 4.39. The van der Waals surface area contributed by atoms with Crippen molar-refractivity contribution >= 4 is 18.0 Å². The maximum Gasteiger partial charge on any atom is 0.0294 e. The standard InChI is InChI=1S/C3H9PSi/c1-2-3-4-5/h2,4H,1,3H2,5H3. The van der Waals surface area contributed by atoms with Crippen molar-refractivity contribution in [2.24, 2.45) is 0 Å². The largest absolute Gasteiger partial charge is 0.140 e.